The smallest absolute Gasteiger partial charge is 0.326 e. The van der Waals surface area contributed by atoms with Crippen molar-refractivity contribution in [3.05, 3.63) is 69.6 Å². The van der Waals surface area contributed by atoms with E-state index >= 15 is 0 Å². The first-order chi connectivity index (χ1) is 13.9. The summed E-state index contributed by atoms with van der Waals surface area (Å²) < 4.78 is 6.17. The van der Waals surface area contributed by atoms with Crippen LogP contribution in [-0.2, 0) is 16.2 Å². The minimum Gasteiger partial charge on any atom is -0.488 e. The number of hydrogen-bond acceptors (Lipinski definition) is 5. The Bertz CT molecular complexity index is 975. The Labute approximate surface area is 183 Å². The third kappa shape index (κ3) is 4.98. The van der Waals surface area contributed by atoms with Crippen molar-refractivity contribution in [1.29, 1.82) is 0 Å². The molecule has 1 N–H and O–H groups in total. The molecule has 8 heteroatoms. The summed E-state index contributed by atoms with van der Waals surface area (Å²) in [5.41, 5.74) is 1.67. The van der Waals surface area contributed by atoms with Gasteiger partial charge in [-0.1, -0.05) is 72.8 Å². The molecular weight excluding hydrogens is 430 g/mol. The van der Waals surface area contributed by atoms with Crippen LogP contribution in [0, 0.1) is 0 Å². The van der Waals surface area contributed by atoms with Gasteiger partial charge in [-0.15, -0.1) is 0 Å². The molecule has 0 aromatic heterocycles. The van der Waals surface area contributed by atoms with Gasteiger partial charge < -0.3 is 9.84 Å². The zero-order valence-corrected chi connectivity index (χ0v) is 17.9. The first kappa shape index (κ1) is 21.4. The molecule has 0 saturated carbocycles. The number of ether oxygens (including phenoxy) is 1. The number of hydrogen-bond donors (Lipinski definition) is 1. The molecule has 1 aliphatic heterocycles. The average molecular weight is 448 g/mol. The summed E-state index contributed by atoms with van der Waals surface area (Å²) in [5.74, 6) is -0.864. The molecule has 0 spiro atoms. The Morgan fingerprint density at radius 1 is 1.28 bits per heavy atom. The predicted molar refractivity (Wildman–Crippen MR) is 119 cm³/mol. The van der Waals surface area contributed by atoms with Crippen LogP contribution in [0.4, 0.5) is 0 Å². The zero-order valence-electron chi connectivity index (χ0n) is 15.5. The lowest BCUT2D eigenvalue weighted by atomic mass is 10.1. The van der Waals surface area contributed by atoms with Crippen molar-refractivity contribution in [2.75, 3.05) is 0 Å². The number of thioether (sulfide) groups is 1. The van der Waals surface area contributed by atoms with Gasteiger partial charge in [0.25, 0.3) is 5.91 Å². The Hall–Kier alpha value is -2.35. The van der Waals surface area contributed by atoms with Gasteiger partial charge in [0.1, 0.15) is 22.7 Å². The maximum atomic E-state index is 12.8. The van der Waals surface area contributed by atoms with E-state index in [1.807, 2.05) is 36.4 Å². The third-order valence-corrected chi connectivity index (χ3v) is 5.90. The van der Waals surface area contributed by atoms with E-state index in [-0.39, 0.29) is 10.7 Å². The third-order valence-electron chi connectivity index (χ3n) is 4.32. The molecule has 1 amide bonds. The van der Waals surface area contributed by atoms with Gasteiger partial charge in [0.15, 0.2) is 0 Å². The van der Waals surface area contributed by atoms with Gasteiger partial charge in [0, 0.05) is 10.6 Å². The summed E-state index contributed by atoms with van der Waals surface area (Å²) in [6.07, 6.45) is 1.96. The summed E-state index contributed by atoms with van der Waals surface area (Å²) >= 11 is 12.3. The van der Waals surface area contributed by atoms with E-state index in [1.165, 1.54) is 4.90 Å². The van der Waals surface area contributed by atoms with Crippen LogP contribution in [-0.4, -0.2) is 32.2 Å². The van der Waals surface area contributed by atoms with Gasteiger partial charge >= 0.3 is 5.97 Å². The number of para-hydroxylation sites is 1. The molecular formula is C21H18ClNO4S2. The van der Waals surface area contributed by atoms with Crippen molar-refractivity contribution in [3.63, 3.8) is 0 Å². The zero-order chi connectivity index (χ0) is 21.0. The van der Waals surface area contributed by atoms with E-state index in [0.717, 1.165) is 17.3 Å². The fraction of sp³-hybridized carbons (Fsp3) is 0.190. The monoisotopic (exact) mass is 447 g/mol. The number of carbonyl (C=O) groups is 2. The molecule has 1 saturated heterocycles. The van der Waals surface area contributed by atoms with E-state index in [1.54, 1.807) is 25.1 Å². The maximum Gasteiger partial charge on any atom is 0.326 e. The van der Waals surface area contributed by atoms with E-state index in [4.69, 9.17) is 28.6 Å². The summed E-state index contributed by atoms with van der Waals surface area (Å²) in [5, 5.41) is 10.0. The highest BCUT2D eigenvalue weighted by molar-refractivity contribution is 8.26. The second-order valence-electron chi connectivity index (χ2n) is 6.27. The molecule has 1 aliphatic rings. The van der Waals surface area contributed by atoms with Crippen molar-refractivity contribution in [1.82, 2.24) is 4.90 Å². The number of benzene rings is 2. The number of carbonyl (C=O) groups excluding carboxylic acids is 1. The molecule has 3 rings (SSSR count). The second kappa shape index (κ2) is 9.43. The lowest BCUT2D eigenvalue weighted by molar-refractivity contribution is -0.145. The van der Waals surface area contributed by atoms with E-state index in [0.29, 0.717) is 27.8 Å². The second-order valence-corrected chi connectivity index (χ2v) is 8.38. The lowest BCUT2D eigenvalue weighted by Gasteiger charge is -2.21. The Morgan fingerprint density at radius 3 is 2.62 bits per heavy atom. The number of halogens is 1. The van der Waals surface area contributed by atoms with Crippen molar-refractivity contribution in [3.8, 4) is 5.75 Å². The standard InChI is InChI=1S/C21H18ClNO4S2/c1-2-16(20(25)26)23-19(24)18(29-21(23)28)11-14-5-3-4-6-17(14)27-12-13-7-9-15(22)10-8-13/h3-11,16H,2,12H2,1H3,(H,25,26)/b18-11-/t16-/m0/s1. The molecule has 1 fully saturated rings. The summed E-state index contributed by atoms with van der Waals surface area (Å²) in [6.45, 7) is 2.06. The fourth-order valence-electron chi connectivity index (χ4n) is 2.83. The van der Waals surface area contributed by atoms with Crippen LogP contribution in [0.5, 0.6) is 5.75 Å². The maximum absolute atomic E-state index is 12.8. The van der Waals surface area contributed by atoms with Crippen LogP contribution in [0.3, 0.4) is 0 Å². The minimum atomic E-state index is -1.07. The molecule has 1 atom stereocenters. The van der Waals surface area contributed by atoms with Crippen LogP contribution in [0.25, 0.3) is 6.08 Å². The molecule has 0 aliphatic carbocycles. The molecule has 1 heterocycles. The van der Waals surface area contributed by atoms with Crippen molar-refractivity contribution in [2.45, 2.75) is 26.0 Å². The highest BCUT2D eigenvalue weighted by atomic mass is 35.5. The van der Waals surface area contributed by atoms with Crippen LogP contribution in [0.1, 0.15) is 24.5 Å². The van der Waals surface area contributed by atoms with E-state index < -0.39 is 17.9 Å². The number of amides is 1. The molecule has 2 aromatic carbocycles. The van der Waals surface area contributed by atoms with Crippen LogP contribution in [0.15, 0.2) is 53.4 Å². The largest absolute Gasteiger partial charge is 0.488 e. The number of thiocarbonyl (C=S) groups is 1. The topological polar surface area (TPSA) is 66.8 Å². The summed E-state index contributed by atoms with van der Waals surface area (Å²) in [7, 11) is 0. The highest BCUT2D eigenvalue weighted by Gasteiger charge is 2.39. The summed E-state index contributed by atoms with van der Waals surface area (Å²) in [6, 6.07) is 13.7. The van der Waals surface area contributed by atoms with Gasteiger partial charge in [-0.25, -0.2) is 4.79 Å². The van der Waals surface area contributed by atoms with Crippen molar-refractivity contribution >= 4 is 57.9 Å². The van der Waals surface area contributed by atoms with Crippen LogP contribution < -0.4 is 4.74 Å². The molecule has 0 unspecified atom stereocenters. The SMILES string of the molecule is CC[C@@H](C(=O)O)N1C(=O)/C(=C/c2ccccc2OCc2ccc(Cl)cc2)SC1=S. The average Bonchev–Trinajstić information content (AvgIpc) is 2.97. The highest BCUT2D eigenvalue weighted by Crippen LogP contribution is 2.36. The normalized spacial score (nSPS) is 16.3. The molecule has 0 bridgehead atoms. The predicted octanol–water partition coefficient (Wildman–Crippen LogP) is 4.98. The minimum absolute atomic E-state index is 0.245. The van der Waals surface area contributed by atoms with E-state index in [9.17, 15) is 14.7 Å². The van der Waals surface area contributed by atoms with Crippen molar-refractivity contribution < 1.29 is 19.4 Å². The molecule has 29 heavy (non-hydrogen) atoms. The molecule has 2 aromatic rings. The number of aliphatic carboxylic acids is 1. The summed E-state index contributed by atoms with van der Waals surface area (Å²) in [4.78, 5) is 25.8. The quantitative estimate of drug-likeness (QED) is 0.476. The van der Waals surface area contributed by atoms with Gasteiger partial charge in [-0.05, 0) is 36.3 Å². The van der Waals surface area contributed by atoms with E-state index in [2.05, 4.69) is 0 Å². The van der Waals surface area contributed by atoms with Gasteiger partial charge in [-0.3, -0.25) is 9.69 Å². The number of rotatable bonds is 7. The van der Waals surface area contributed by atoms with Gasteiger partial charge in [-0.2, -0.15) is 0 Å². The fourth-order valence-corrected chi connectivity index (χ4v) is 4.30. The van der Waals surface area contributed by atoms with Crippen LogP contribution >= 0.6 is 35.6 Å². The van der Waals surface area contributed by atoms with Gasteiger partial charge in [0.2, 0.25) is 0 Å². The van der Waals surface area contributed by atoms with Gasteiger partial charge in [0.05, 0.1) is 4.91 Å². The van der Waals surface area contributed by atoms with Crippen LogP contribution in [0.2, 0.25) is 5.02 Å². The molecule has 0 radical (unpaired) electrons. The molecule has 5 nitrogen and oxygen atoms in total. The Morgan fingerprint density at radius 2 is 1.97 bits per heavy atom. The number of carboxylic acids is 1. The number of carboxylic acid groups (broad SMARTS) is 1. The number of nitrogens with zero attached hydrogens (tertiary/aromatic N) is 1. The first-order valence-electron chi connectivity index (χ1n) is 8.87. The Balaban J connectivity index is 1.81. The first-order valence-corrected chi connectivity index (χ1v) is 10.5. The molecule has 150 valence electrons. The Kier molecular flexibility index (Phi) is 6.95. The van der Waals surface area contributed by atoms with Crippen molar-refractivity contribution in [2.24, 2.45) is 0 Å². The lowest BCUT2D eigenvalue weighted by Crippen LogP contribution is -2.43.